The summed E-state index contributed by atoms with van der Waals surface area (Å²) < 4.78 is 47.7. The van der Waals surface area contributed by atoms with Crippen LogP contribution in [-0.2, 0) is 11.2 Å². The summed E-state index contributed by atoms with van der Waals surface area (Å²) >= 11 is 7.33. The third-order valence-corrected chi connectivity index (χ3v) is 5.73. The van der Waals surface area contributed by atoms with Crippen molar-refractivity contribution >= 4 is 96.3 Å². The Kier molecular flexibility index (Phi) is 5.33. The van der Waals surface area contributed by atoms with Crippen molar-refractivity contribution in [3.8, 4) is 17.2 Å². The van der Waals surface area contributed by atoms with Crippen molar-refractivity contribution in [2.24, 2.45) is 5.73 Å². The Labute approximate surface area is 200 Å². The molecule has 128 valence electrons. The maximum atomic E-state index is 11.3. The number of carbonyl (C=O) groups is 1. The highest BCUT2D eigenvalue weighted by Crippen LogP contribution is 2.36. The summed E-state index contributed by atoms with van der Waals surface area (Å²) in [6, 6.07) is -0.950. The van der Waals surface area contributed by atoms with Gasteiger partial charge in [-0.05, 0) is 127 Å². The summed E-state index contributed by atoms with van der Waals surface area (Å²) in [7, 11) is 0. The molecule has 0 fully saturated rings. The zero-order valence-corrected chi connectivity index (χ0v) is 20.1. The Bertz CT molecular complexity index is 967. The van der Waals surface area contributed by atoms with Gasteiger partial charge in [0.15, 0.2) is 5.75 Å². The Morgan fingerprint density at radius 3 is 2.21 bits per heavy atom. The normalized spacial score (nSPS) is 17.0. The lowest BCUT2D eigenvalue weighted by atomic mass is 10.1. The van der Waals surface area contributed by atoms with Gasteiger partial charge in [-0.2, -0.15) is 0 Å². The van der Waals surface area contributed by atoms with Crippen molar-refractivity contribution < 1.29 is 26.6 Å². The van der Waals surface area contributed by atoms with Gasteiger partial charge >= 0.3 is 5.97 Å². The Morgan fingerprint density at radius 2 is 1.75 bits per heavy atom. The van der Waals surface area contributed by atoms with E-state index in [1.165, 1.54) is 0 Å². The fraction of sp³-hybridized carbons (Fsp3) is 0.133. The second kappa shape index (κ2) is 8.85. The molecular formula is C15H11I4NO4. The molecule has 5 nitrogen and oxygen atoms in total. The lowest BCUT2D eigenvalue weighted by Gasteiger charge is -2.14. The molecule has 0 saturated carbocycles. The van der Waals surface area contributed by atoms with E-state index in [9.17, 15) is 9.90 Å². The molecule has 4 N–H and O–H groups in total. The molecule has 0 heterocycles. The highest BCUT2D eigenvalue weighted by molar-refractivity contribution is 14.1. The fourth-order valence-corrected chi connectivity index (χ4v) is 5.05. The summed E-state index contributed by atoms with van der Waals surface area (Å²) in [6.45, 7) is 0. The van der Waals surface area contributed by atoms with Gasteiger partial charge in [0.05, 0.1) is 18.4 Å². The van der Waals surface area contributed by atoms with Crippen LogP contribution in [0.1, 0.15) is 12.4 Å². The highest BCUT2D eigenvalue weighted by Gasteiger charge is 2.16. The minimum absolute atomic E-state index is 0.0947. The number of aromatic hydroxyl groups is 1. The first-order valence-corrected chi connectivity index (χ1v) is 10.3. The number of phenols is 1. The highest BCUT2D eigenvalue weighted by atomic mass is 127. The van der Waals surface area contributed by atoms with Gasteiger partial charge in [0.2, 0.25) is 0 Å². The predicted octanol–water partition coefficient (Wildman–Crippen LogP) is 4.56. The molecule has 9 heteroatoms. The molecular weight excluding hydrogens is 766 g/mol. The van der Waals surface area contributed by atoms with Gasteiger partial charge in [0.1, 0.15) is 17.5 Å². The fourth-order valence-electron chi connectivity index (χ4n) is 1.52. The molecule has 0 unspecified atom stereocenters. The van der Waals surface area contributed by atoms with Crippen LogP contribution in [0.5, 0.6) is 17.2 Å². The van der Waals surface area contributed by atoms with Crippen LogP contribution in [-0.4, -0.2) is 22.2 Å². The van der Waals surface area contributed by atoms with Gasteiger partial charge in [0.25, 0.3) is 0 Å². The molecule has 2 aromatic rings. The number of hydrogen-bond acceptors (Lipinski definition) is 4. The Morgan fingerprint density at radius 1 is 1.25 bits per heavy atom. The maximum absolute atomic E-state index is 11.3. The van der Waals surface area contributed by atoms with Gasteiger partial charge < -0.3 is 20.7 Å². The first-order valence-electron chi connectivity index (χ1n) is 8.51. The number of ether oxygens (including phenoxy) is 1. The van der Waals surface area contributed by atoms with E-state index in [4.69, 9.17) is 22.4 Å². The molecule has 0 spiro atoms. The van der Waals surface area contributed by atoms with Crippen LogP contribution in [0.15, 0.2) is 24.2 Å². The van der Waals surface area contributed by atoms with Crippen LogP contribution in [0.3, 0.4) is 0 Å². The van der Waals surface area contributed by atoms with E-state index in [1.54, 1.807) is 57.3 Å². The van der Waals surface area contributed by atoms with Gasteiger partial charge in [-0.25, -0.2) is 0 Å². The predicted molar refractivity (Wildman–Crippen MR) is 125 cm³/mol. The number of hydrogen-bond donors (Lipinski definition) is 3. The lowest BCUT2D eigenvalue weighted by molar-refractivity contribution is -0.138. The summed E-state index contributed by atoms with van der Waals surface area (Å²) in [5.74, 6) is -1.38. The maximum Gasteiger partial charge on any atom is 0.320 e. The molecule has 24 heavy (non-hydrogen) atoms. The molecule has 0 amide bonds. The van der Waals surface area contributed by atoms with E-state index >= 15 is 0 Å². The van der Waals surface area contributed by atoms with Crippen molar-refractivity contribution in [2.45, 2.75) is 12.4 Å². The monoisotopic (exact) mass is 782 g/mol. The molecule has 0 saturated heterocycles. The van der Waals surface area contributed by atoms with Gasteiger partial charge in [-0.1, -0.05) is 0 Å². The standard InChI is InChI=1S/C15H11I4NO4/c16-8-4-7(5-9(17)13(8)21)24-14-10(18)1-6(2-11(14)19)3-12(20)15(22)23/h1-2,4-5,12,21H,3,20H2,(H,22,23)/t12-/m0/s1/i1D,2D,3D2,12D. The quantitative estimate of drug-likeness (QED) is 0.388. The number of benzene rings is 2. The van der Waals surface area contributed by atoms with Crippen molar-refractivity contribution in [2.75, 3.05) is 0 Å². The Balaban J connectivity index is 2.69. The van der Waals surface area contributed by atoms with E-state index in [-0.39, 0.29) is 18.6 Å². The van der Waals surface area contributed by atoms with E-state index < -0.39 is 36.0 Å². The zero-order valence-electron chi connectivity index (χ0n) is 16.5. The van der Waals surface area contributed by atoms with E-state index in [0.29, 0.717) is 12.9 Å². The van der Waals surface area contributed by atoms with Crippen molar-refractivity contribution in [3.05, 3.63) is 44.1 Å². The van der Waals surface area contributed by atoms with Crippen LogP contribution in [0.2, 0.25) is 0 Å². The van der Waals surface area contributed by atoms with Gasteiger partial charge in [-0.3, -0.25) is 4.79 Å². The van der Waals surface area contributed by atoms with Crippen LogP contribution >= 0.6 is 90.4 Å². The molecule has 2 aromatic carbocycles. The van der Waals surface area contributed by atoms with Crippen molar-refractivity contribution in [1.29, 1.82) is 0 Å². The minimum atomic E-state index is -3.10. The number of halogens is 4. The summed E-state index contributed by atoms with van der Waals surface area (Å²) in [5, 5.41) is 19.0. The zero-order chi connectivity index (χ0) is 22.5. The lowest BCUT2D eigenvalue weighted by Crippen LogP contribution is -2.32. The molecule has 1 atom stereocenters. The SMILES string of the molecule is [2H]c1c(I)c(Oc2cc(I)c(O)c(I)c2)c(I)c([2H])c1C([2H])([2H])[C@]([2H])(N)C(=O)O. The smallest absolute Gasteiger partial charge is 0.320 e. The molecule has 0 radical (unpaired) electrons. The van der Waals surface area contributed by atoms with Crippen molar-refractivity contribution in [3.63, 3.8) is 0 Å². The molecule has 0 aromatic heterocycles. The minimum Gasteiger partial charge on any atom is -0.506 e. The van der Waals surface area contributed by atoms with E-state index in [1.807, 2.05) is 45.2 Å². The Hall–Kier alpha value is 0.390. The number of carboxylic acids is 1. The number of nitrogens with two attached hydrogens (primary N) is 1. The van der Waals surface area contributed by atoms with Crippen LogP contribution in [0, 0.1) is 14.3 Å². The molecule has 0 aliphatic heterocycles. The summed E-state index contributed by atoms with van der Waals surface area (Å²) in [6.07, 6.45) is -3.02. The third-order valence-electron chi connectivity index (χ3n) is 2.57. The average Bonchev–Trinajstić information content (AvgIpc) is 2.61. The van der Waals surface area contributed by atoms with Gasteiger partial charge in [-0.15, -0.1) is 0 Å². The first-order chi connectivity index (χ1) is 13.1. The van der Waals surface area contributed by atoms with Crippen LogP contribution in [0.25, 0.3) is 0 Å². The topological polar surface area (TPSA) is 92.8 Å². The average molecular weight is 782 g/mol. The van der Waals surface area contributed by atoms with Crippen molar-refractivity contribution in [1.82, 2.24) is 0 Å². The van der Waals surface area contributed by atoms with Crippen LogP contribution < -0.4 is 10.5 Å². The van der Waals surface area contributed by atoms with E-state index in [2.05, 4.69) is 0 Å². The molecule has 2 rings (SSSR count). The largest absolute Gasteiger partial charge is 0.506 e. The van der Waals surface area contributed by atoms with E-state index in [0.717, 1.165) is 0 Å². The molecule has 0 bridgehead atoms. The number of carboxylic acid groups (broad SMARTS) is 1. The number of aliphatic carboxylic acids is 1. The number of rotatable bonds is 5. The molecule has 0 aliphatic carbocycles. The summed E-state index contributed by atoms with van der Waals surface area (Å²) in [5.41, 5.74) is 4.78. The van der Waals surface area contributed by atoms with Crippen LogP contribution in [0.4, 0.5) is 0 Å². The second-order valence-electron chi connectivity index (χ2n) is 4.26. The first kappa shape index (κ1) is 14.4. The molecule has 0 aliphatic rings. The second-order valence-corrected chi connectivity index (χ2v) is 8.75. The summed E-state index contributed by atoms with van der Waals surface area (Å²) in [4.78, 5) is 11.3. The third kappa shape index (κ3) is 5.20. The number of phenolic OH excluding ortho intramolecular Hbond substituents is 1. The van der Waals surface area contributed by atoms with Gasteiger partial charge in [0, 0.05) is 2.74 Å².